The van der Waals surface area contributed by atoms with Crippen LogP contribution in [0, 0.1) is 0 Å². The van der Waals surface area contributed by atoms with E-state index in [4.69, 9.17) is 0 Å². The van der Waals surface area contributed by atoms with Gasteiger partial charge in [0.1, 0.15) is 0 Å². The minimum absolute atomic E-state index is 0. The Morgan fingerprint density at radius 3 is 1.00 bits per heavy atom. The SMILES string of the molecule is O.[Br][Ga]([Br])[Br]. The van der Waals surface area contributed by atoms with Crippen molar-refractivity contribution in [3.05, 3.63) is 0 Å². The Labute approximate surface area is 55.8 Å². The Hall–Kier alpha value is 2.04. The molecule has 0 aliphatic rings. The van der Waals surface area contributed by atoms with Crippen LogP contribution in [0.3, 0.4) is 0 Å². The summed E-state index contributed by atoms with van der Waals surface area (Å²) in [6.07, 6.45) is 0. The summed E-state index contributed by atoms with van der Waals surface area (Å²) in [5.41, 5.74) is 0. The van der Waals surface area contributed by atoms with Crippen LogP contribution in [-0.4, -0.2) is 15.8 Å². The fraction of sp³-hybridized carbons (Fsp3) is 0. The van der Waals surface area contributed by atoms with Gasteiger partial charge in [-0.15, -0.1) is 0 Å². The first-order valence-corrected chi connectivity index (χ1v) is 17.7. The van der Waals surface area contributed by atoms with E-state index in [-0.39, 0.29) is 5.48 Å². The Balaban J connectivity index is 0. The first kappa shape index (κ1) is 10.1. The van der Waals surface area contributed by atoms with Crippen molar-refractivity contribution in [2.24, 2.45) is 0 Å². The average molecular weight is 327 g/mol. The van der Waals surface area contributed by atoms with Crippen molar-refractivity contribution in [3.63, 3.8) is 0 Å². The van der Waals surface area contributed by atoms with Crippen molar-refractivity contribution in [1.82, 2.24) is 0 Å². The van der Waals surface area contributed by atoms with E-state index in [2.05, 4.69) is 40.7 Å². The number of hydrogen-bond acceptors (Lipinski definition) is 0. The van der Waals surface area contributed by atoms with Gasteiger partial charge in [-0.3, -0.25) is 0 Å². The van der Waals surface area contributed by atoms with E-state index in [1.54, 1.807) is 0 Å². The standard InChI is InChI=1S/3BrH.Ga.H2O/h3*1H;;1H2/q;;;+3;/p-3. The molecule has 0 aliphatic heterocycles. The maximum absolute atomic E-state index is 3.29. The van der Waals surface area contributed by atoms with Gasteiger partial charge in [0.05, 0.1) is 0 Å². The molecule has 0 atom stereocenters. The van der Waals surface area contributed by atoms with Crippen LogP contribution in [0.1, 0.15) is 0 Å². The van der Waals surface area contributed by atoms with Crippen LogP contribution in [0.4, 0.5) is 0 Å². The molecular weight excluding hydrogens is 325 g/mol. The summed E-state index contributed by atoms with van der Waals surface area (Å²) in [6.45, 7) is 0. The van der Waals surface area contributed by atoms with Crippen LogP contribution < -0.4 is 0 Å². The maximum atomic E-state index is 3.29. The third-order valence-electron chi connectivity index (χ3n) is 0. The van der Waals surface area contributed by atoms with E-state index in [1.165, 1.54) is 0 Å². The summed E-state index contributed by atoms with van der Waals surface area (Å²) >= 11 is 9.88. The van der Waals surface area contributed by atoms with Gasteiger partial charge < -0.3 is 5.48 Å². The van der Waals surface area contributed by atoms with E-state index in [9.17, 15) is 0 Å². The molecule has 0 aromatic rings. The fourth-order valence-corrected chi connectivity index (χ4v) is 0. The summed E-state index contributed by atoms with van der Waals surface area (Å²) in [4.78, 5) is 0. The van der Waals surface area contributed by atoms with Crippen LogP contribution in [0.2, 0.25) is 0 Å². The van der Waals surface area contributed by atoms with Gasteiger partial charge >= 0.3 is 51.0 Å². The molecule has 0 aliphatic carbocycles. The quantitative estimate of drug-likeness (QED) is 0.601. The fourth-order valence-electron chi connectivity index (χ4n) is 0. The average Bonchev–Trinajstić information content (AvgIpc) is 0.811. The van der Waals surface area contributed by atoms with E-state index in [0.29, 0.717) is 0 Å². The first-order chi connectivity index (χ1) is 1.73. The van der Waals surface area contributed by atoms with Crippen molar-refractivity contribution < 1.29 is 5.48 Å². The summed E-state index contributed by atoms with van der Waals surface area (Å²) in [6, 6.07) is 0. The molecule has 0 spiro atoms. The second-order valence-corrected chi connectivity index (χ2v) is 34.7. The van der Waals surface area contributed by atoms with Gasteiger partial charge in [0.15, 0.2) is 0 Å². The predicted octanol–water partition coefficient (Wildman–Crippen LogP) is 1.33. The molecule has 2 N–H and O–H groups in total. The molecule has 1 nitrogen and oxygen atoms in total. The molecule has 0 unspecified atom stereocenters. The Morgan fingerprint density at radius 2 is 1.00 bits per heavy atom. The second-order valence-electron chi connectivity index (χ2n) is 0.247. The summed E-state index contributed by atoms with van der Waals surface area (Å²) < 4.78 is 0. The zero-order chi connectivity index (χ0) is 3.58. The molecule has 0 rings (SSSR count). The second kappa shape index (κ2) is 6.04. The Morgan fingerprint density at radius 1 is 1.00 bits per heavy atom. The zero-order valence-electron chi connectivity index (χ0n) is 2.21. The van der Waals surface area contributed by atoms with Gasteiger partial charge in [0, 0.05) is 0 Å². The molecule has 5 heteroatoms. The van der Waals surface area contributed by atoms with Gasteiger partial charge in [-0.2, -0.15) is 0 Å². The number of hydrogen-bond donors (Lipinski definition) is 0. The van der Waals surface area contributed by atoms with Gasteiger partial charge in [0.2, 0.25) is 0 Å². The summed E-state index contributed by atoms with van der Waals surface area (Å²) in [7, 11) is -1.04. The Kier molecular flexibility index (Phi) is 12.2. The molecule has 0 saturated carbocycles. The van der Waals surface area contributed by atoms with Crippen molar-refractivity contribution >= 4 is 51.0 Å². The normalized spacial score (nSPS) is 5.40. The van der Waals surface area contributed by atoms with E-state index >= 15 is 0 Å². The molecule has 0 aromatic carbocycles. The van der Waals surface area contributed by atoms with Gasteiger partial charge in [-0.25, -0.2) is 0 Å². The van der Waals surface area contributed by atoms with Gasteiger partial charge in [0.25, 0.3) is 0 Å². The van der Waals surface area contributed by atoms with Crippen LogP contribution >= 0.6 is 40.7 Å². The molecule has 0 radical (unpaired) electrons. The third-order valence-corrected chi connectivity index (χ3v) is 0. The first-order valence-electron chi connectivity index (χ1n) is 0.655. The van der Waals surface area contributed by atoms with Crippen LogP contribution in [0.25, 0.3) is 0 Å². The molecular formula is H2Br3GaO. The third kappa shape index (κ3) is 23.7. The topological polar surface area (TPSA) is 31.5 Å². The van der Waals surface area contributed by atoms with E-state index in [1.807, 2.05) is 0 Å². The van der Waals surface area contributed by atoms with E-state index < -0.39 is 10.3 Å². The van der Waals surface area contributed by atoms with Gasteiger partial charge in [-0.05, 0) is 0 Å². The molecule has 0 heterocycles. The predicted molar refractivity (Wildman–Crippen MR) is 36.1 cm³/mol. The number of halogens is 3. The van der Waals surface area contributed by atoms with Crippen molar-refractivity contribution in [3.8, 4) is 0 Å². The molecule has 0 fully saturated rings. The molecule has 5 heavy (non-hydrogen) atoms. The van der Waals surface area contributed by atoms with Crippen LogP contribution in [-0.2, 0) is 0 Å². The molecule has 0 aromatic heterocycles. The number of rotatable bonds is 0. The molecule has 0 amide bonds. The zero-order valence-corrected chi connectivity index (χ0v) is 9.39. The minimum atomic E-state index is -1.04. The van der Waals surface area contributed by atoms with Crippen molar-refractivity contribution in [2.45, 2.75) is 0 Å². The van der Waals surface area contributed by atoms with Crippen LogP contribution in [0.5, 0.6) is 0 Å². The summed E-state index contributed by atoms with van der Waals surface area (Å²) in [5, 5.41) is 0. The van der Waals surface area contributed by atoms with Crippen molar-refractivity contribution in [2.75, 3.05) is 0 Å². The Bertz CT molecular complexity index is 11.6. The molecule has 0 bridgehead atoms. The van der Waals surface area contributed by atoms with Crippen LogP contribution in [0.15, 0.2) is 0 Å². The van der Waals surface area contributed by atoms with Crippen molar-refractivity contribution in [1.29, 1.82) is 0 Å². The molecule has 0 saturated heterocycles. The summed E-state index contributed by atoms with van der Waals surface area (Å²) in [5.74, 6) is 0. The van der Waals surface area contributed by atoms with E-state index in [0.717, 1.165) is 0 Å². The van der Waals surface area contributed by atoms with Gasteiger partial charge in [-0.1, -0.05) is 0 Å². The monoisotopic (exact) mass is 324 g/mol. The molecule has 32 valence electrons.